The maximum atomic E-state index is 6.90. The third-order valence-corrected chi connectivity index (χ3v) is 15.9. The van der Waals surface area contributed by atoms with Gasteiger partial charge in [-0.2, -0.15) is 0 Å². The first kappa shape index (κ1) is 50.7. The van der Waals surface area contributed by atoms with Gasteiger partial charge in [-0.25, -0.2) is 4.98 Å². The minimum atomic E-state index is -1.23. The summed E-state index contributed by atoms with van der Waals surface area (Å²) in [4.78, 5) is 15.3. The van der Waals surface area contributed by atoms with Crippen LogP contribution in [0.3, 0.4) is 0 Å². The van der Waals surface area contributed by atoms with Crippen molar-refractivity contribution in [2.75, 3.05) is 0 Å². The van der Waals surface area contributed by atoms with E-state index in [4.69, 9.17) is 14.4 Å². The summed E-state index contributed by atoms with van der Waals surface area (Å²) in [6.07, 6.45) is 2.02. The molecule has 0 aliphatic heterocycles. The van der Waals surface area contributed by atoms with Crippen LogP contribution in [0.1, 0.15) is 50.7 Å². The molecule has 371 valence electrons. The molecule has 0 amide bonds. The minimum Gasteiger partial charge on any atom is -0.501 e. The van der Waals surface area contributed by atoms with Gasteiger partial charge in [-0.3, -0.25) is 4.98 Å². The Morgan fingerprint density at radius 2 is 1.07 bits per heavy atom. The van der Waals surface area contributed by atoms with E-state index in [1.54, 1.807) is 0 Å². The van der Waals surface area contributed by atoms with Crippen LogP contribution in [0, 0.1) is 12.1 Å². The number of aromatic nitrogens is 4. The van der Waals surface area contributed by atoms with Gasteiger partial charge in [0.2, 0.25) is 0 Å². The van der Waals surface area contributed by atoms with E-state index in [0.717, 1.165) is 83.8 Å². The van der Waals surface area contributed by atoms with E-state index >= 15 is 0 Å². The Morgan fingerprint density at radius 1 is 0.493 bits per heavy atom. The molecule has 8 aromatic carbocycles. The monoisotopic (exact) mass is 1170 g/mol. The van der Waals surface area contributed by atoms with Gasteiger partial charge in [0, 0.05) is 42.9 Å². The van der Waals surface area contributed by atoms with E-state index < -0.39 is 8.07 Å². The van der Waals surface area contributed by atoms with E-state index in [1.807, 2.05) is 48.7 Å². The van der Waals surface area contributed by atoms with Crippen LogP contribution in [0.2, 0.25) is 19.6 Å². The van der Waals surface area contributed by atoms with Crippen molar-refractivity contribution in [1.29, 1.82) is 0 Å². The predicted octanol–water partition coefficient (Wildman–Crippen LogP) is 17.8. The SMILES string of the molecule is CC(C)c1cc(-c2ccccc2)cc(C(C)C)c1-n1c(-c2[c-]ccc3c2oc2cc(-c4ccc(-c5ccccc5)cc4)ccc23)nc2ccc(-c3ccccc3)nc21.C[Si](C)(C)c1ccc(-c2[c-]cccc2)nc1.[Ir]. The Kier molecular flexibility index (Phi) is 14.6. The quantitative estimate of drug-likeness (QED) is 0.101. The van der Waals surface area contributed by atoms with Crippen molar-refractivity contribution in [3.05, 3.63) is 236 Å². The van der Waals surface area contributed by atoms with Crippen LogP contribution in [-0.2, 0) is 20.1 Å². The van der Waals surface area contributed by atoms with Gasteiger partial charge >= 0.3 is 0 Å². The van der Waals surface area contributed by atoms with Crippen LogP contribution in [-0.4, -0.2) is 27.6 Å². The number of furan rings is 1. The molecule has 7 heteroatoms. The molecule has 12 rings (SSSR count). The minimum absolute atomic E-state index is 0. The first-order valence-electron chi connectivity index (χ1n) is 25.6. The fraction of sp³-hybridized carbons (Fsp3) is 0.132. The number of nitrogens with zero attached hydrogens (tertiary/aromatic N) is 4. The molecule has 0 spiro atoms. The Labute approximate surface area is 455 Å². The Hall–Kier alpha value is -7.80. The third kappa shape index (κ3) is 10.4. The van der Waals surface area contributed by atoms with Gasteiger partial charge in [0.1, 0.15) is 5.58 Å². The maximum absolute atomic E-state index is 6.90. The summed E-state index contributed by atoms with van der Waals surface area (Å²) in [5.41, 5.74) is 18.6. The number of benzene rings is 8. The van der Waals surface area contributed by atoms with Gasteiger partial charge in [-0.1, -0.05) is 198 Å². The van der Waals surface area contributed by atoms with E-state index in [0.29, 0.717) is 0 Å². The number of fused-ring (bicyclic) bond motifs is 4. The van der Waals surface area contributed by atoms with Crippen molar-refractivity contribution in [3.8, 4) is 73.0 Å². The van der Waals surface area contributed by atoms with Gasteiger partial charge in [0.05, 0.1) is 30.7 Å². The van der Waals surface area contributed by atoms with Crippen molar-refractivity contribution in [3.63, 3.8) is 0 Å². The molecule has 0 aliphatic carbocycles. The molecule has 12 aromatic rings. The third-order valence-electron chi connectivity index (χ3n) is 13.9. The van der Waals surface area contributed by atoms with Gasteiger partial charge in [0.25, 0.3) is 0 Å². The normalized spacial score (nSPS) is 11.5. The molecule has 0 bridgehead atoms. The van der Waals surface area contributed by atoms with Gasteiger partial charge < -0.3 is 14.0 Å². The molecule has 75 heavy (non-hydrogen) atoms. The van der Waals surface area contributed by atoms with Crippen LogP contribution in [0.15, 0.2) is 217 Å². The molecular formula is C68H58IrN4OSi-2. The molecule has 0 fully saturated rings. The number of hydrogen-bond acceptors (Lipinski definition) is 4. The summed E-state index contributed by atoms with van der Waals surface area (Å²) < 4.78 is 9.19. The van der Waals surface area contributed by atoms with Crippen molar-refractivity contribution < 1.29 is 24.5 Å². The number of imidazole rings is 1. The van der Waals surface area contributed by atoms with Gasteiger partial charge in [0.15, 0.2) is 5.65 Å². The molecular weight excluding hydrogens is 1110 g/mol. The molecule has 5 nitrogen and oxygen atoms in total. The second-order valence-corrected chi connectivity index (χ2v) is 25.7. The average Bonchev–Trinajstić information content (AvgIpc) is 4.05. The summed E-state index contributed by atoms with van der Waals surface area (Å²) in [6, 6.07) is 78.8. The predicted molar refractivity (Wildman–Crippen MR) is 312 cm³/mol. The molecule has 0 saturated heterocycles. The zero-order valence-electron chi connectivity index (χ0n) is 43.4. The smallest absolute Gasteiger partial charge is 0.156 e. The zero-order chi connectivity index (χ0) is 50.9. The fourth-order valence-electron chi connectivity index (χ4n) is 9.84. The molecule has 0 unspecified atom stereocenters. The summed E-state index contributed by atoms with van der Waals surface area (Å²) in [5, 5.41) is 3.48. The van der Waals surface area contributed by atoms with Crippen molar-refractivity contribution >= 4 is 46.4 Å². The molecule has 0 N–H and O–H groups in total. The van der Waals surface area contributed by atoms with Crippen molar-refractivity contribution in [2.45, 2.75) is 59.2 Å². The van der Waals surface area contributed by atoms with E-state index in [9.17, 15) is 0 Å². The average molecular weight is 1170 g/mol. The summed E-state index contributed by atoms with van der Waals surface area (Å²) >= 11 is 0. The molecule has 4 heterocycles. The first-order chi connectivity index (χ1) is 36.0. The Balaban J connectivity index is 0.000000323. The largest absolute Gasteiger partial charge is 0.501 e. The second kappa shape index (κ2) is 21.6. The zero-order valence-corrected chi connectivity index (χ0v) is 46.8. The number of pyridine rings is 2. The molecule has 1 radical (unpaired) electrons. The summed E-state index contributed by atoms with van der Waals surface area (Å²) in [7, 11) is -1.23. The van der Waals surface area contributed by atoms with E-state index in [1.165, 1.54) is 38.6 Å². The molecule has 0 atom stereocenters. The molecule has 0 saturated carbocycles. The standard InChI is InChI=1S/C54H42N3O.C14H16NSi.Ir/c1-34(2)46-31-42(37-17-10-6-11-18-37)32-47(35(3)4)51(46)57-53(56-49-30-29-48(55-54(49)57)40-19-12-7-13-20-40)45-22-14-21-44-43-28-27-41(33-50(43)58-52(44)45)39-25-23-38(24-26-39)36-15-8-5-9-16-36;1-16(2,3)13-9-10-14(15-11-13)12-7-5-4-6-8-12;/h5-21,23-35H,1-4H3;4-7,9-11H,1-3H3;/q2*-1;. The number of rotatable bonds is 10. The van der Waals surface area contributed by atoms with Crippen molar-refractivity contribution in [1.82, 2.24) is 19.5 Å². The van der Waals surface area contributed by atoms with Gasteiger partial charge in [-0.05, 0) is 97.6 Å². The first-order valence-corrected chi connectivity index (χ1v) is 29.1. The Morgan fingerprint density at radius 3 is 1.65 bits per heavy atom. The van der Waals surface area contributed by atoms with E-state index in [-0.39, 0.29) is 31.9 Å². The van der Waals surface area contributed by atoms with Crippen LogP contribution in [0.25, 0.3) is 106 Å². The second-order valence-electron chi connectivity index (χ2n) is 20.7. The number of hydrogen-bond donors (Lipinski definition) is 0. The van der Waals surface area contributed by atoms with E-state index in [2.05, 4.69) is 233 Å². The van der Waals surface area contributed by atoms with Crippen molar-refractivity contribution in [2.24, 2.45) is 0 Å². The maximum Gasteiger partial charge on any atom is 0.156 e. The summed E-state index contributed by atoms with van der Waals surface area (Å²) in [5.74, 6) is 1.18. The topological polar surface area (TPSA) is 56.7 Å². The van der Waals surface area contributed by atoms with Crippen LogP contribution in [0.5, 0.6) is 0 Å². The van der Waals surface area contributed by atoms with Crippen LogP contribution >= 0.6 is 0 Å². The molecule has 4 aromatic heterocycles. The molecule has 0 aliphatic rings. The van der Waals surface area contributed by atoms with Crippen LogP contribution in [0.4, 0.5) is 0 Å². The van der Waals surface area contributed by atoms with Crippen LogP contribution < -0.4 is 5.19 Å². The fourth-order valence-corrected chi connectivity index (χ4v) is 10.9. The summed E-state index contributed by atoms with van der Waals surface area (Å²) in [6.45, 7) is 16.1. The van der Waals surface area contributed by atoms with Gasteiger partial charge in [-0.15, -0.1) is 54.1 Å². The Bertz CT molecular complexity index is 3870.